The van der Waals surface area contributed by atoms with E-state index in [1.165, 1.54) is 56.1 Å². The molecule has 2 unspecified atom stereocenters. The van der Waals surface area contributed by atoms with Gasteiger partial charge in [-0.2, -0.15) is 0 Å². The third kappa shape index (κ3) is 4.55. The smallest absolute Gasteiger partial charge is 0.115 e. The molecule has 0 aromatic heterocycles. The largest absolute Gasteiger partial charge is 0.508 e. The topological polar surface area (TPSA) is 80.9 Å². The first-order chi connectivity index (χ1) is 21.1. The lowest BCUT2D eigenvalue weighted by Crippen LogP contribution is -2.42. The van der Waals surface area contributed by atoms with Crippen molar-refractivity contribution in [2.75, 3.05) is 0 Å². The molecule has 4 heteroatoms. The zero-order chi connectivity index (χ0) is 31.0. The molecule has 4 saturated carbocycles. The quantitative estimate of drug-likeness (QED) is 0.248. The fourth-order valence-electron chi connectivity index (χ4n) is 12.2. The minimum absolute atomic E-state index is 0.254. The van der Waals surface area contributed by atoms with Gasteiger partial charge in [-0.05, 0) is 163 Å². The van der Waals surface area contributed by atoms with Crippen molar-refractivity contribution in [3.63, 3.8) is 0 Å². The summed E-state index contributed by atoms with van der Waals surface area (Å²) in [6.07, 6.45) is 17.9. The number of phenols is 2. The van der Waals surface area contributed by atoms with Crippen LogP contribution in [0.3, 0.4) is 0 Å². The maximum Gasteiger partial charge on any atom is 0.115 e. The van der Waals surface area contributed by atoms with Crippen molar-refractivity contribution in [1.82, 2.24) is 0 Å². The van der Waals surface area contributed by atoms with Gasteiger partial charge in [-0.25, -0.2) is 0 Å². The Morgan fingerprint density at radius 3 is 1.73 bits per heavy atom. The Bertz CT molecular complexity index is 1440. The van der Waals surface area contributed by atoms with Crippen LogP contribution >= 0.6 is 0 Å². The SMILES string of the molecule is C#C[C@H]1CC[C@H]2[C@@H]3CC(O)c4cc(O)ccc4[C@H]3CC[C@]12C.CC[C@H]1CC[C@H]2[C@@H]3CC(O)c4cc(O)ccc4[C@H]3CC[C@]12C. The number of rotatable bonds is 1. The van der Waals surface area contributed by atoms with Crippen molar-refractivity contribution >= 4 is 0 Å². The summed E-state index contributed by atoms with van der Waals surface area (Å²) in [7, 11) is 0. The Morgan fingerprint density at radius 2 is 1.20 bits per heavy atom. The van der Waals surface area contributed by atoms with Gasteiger partial charge < -0.3 is 20.4 Å². The predicted octanol–water partition coefficient (Wildman–Crippen LogP) is 8.75. The minimum atomic E-state index is -0.449. The molecule has 12 atom stereocenters. The van der Waals surface area contributed by atoms with E-state index in [2.05, 4.69) is 32.8 Å². The molecule has 0 bridgehead atoms. The monoisotopic (exact) mass is 596 g/mol. The molecule has 6 aliphatic rings. The van der Waals surface area contributed by atoms with Gasteiger partial charge in [0.2, 0.25) is 0 Å². The maximum absolute atomic E-state index is 10.6. The molecule has 0 aliphatic heterocycles. The number of fused-ring (bicyclic) bond motifs is 10. The van der Waals surface area contributed by atoms with Crippen molar-refractivity contribution in [2.24, 2.45) is 46.3 Å². The van der Waals surface area contributed by atoms with E-state index < -0.39 is 12.2 Å². The van der Waals surface area contributed by atoms with Crippen LogP contribution in [0.4, 0.5) is 0 Å². The highest BCUT2D eigenvalue weighted by atomic mass is 16.3. The standard InChI is InChI=1S/C20H28O2.C20H24O2/c2*1-3-12-4-7-18-16-11-19(22)17-10-13(21)5-6-14(17)15(16)8-9-20(12,18)2/h5-6,10,12,15-16,18-19,21-22H,3-4,7-9,11H2,1-2H3;1,5-6,10,12,15-16,18-19,21-22H,4,7-9,11H2,2H3/t2*12-,15+,16+,18-,19?,20+/m00/s1. The van der Waals surface area contributed by atoms with E-state index in [0.29, 0.717) is 40.9 Å². The van der Waals surface area contributed by atoms with Gasteiger partial charge in [0.05, 0.1) is 12.2 Å². The Morgan fingerprint density at radius 1 is 0.705 bits per heavy atom. The highest BCUT2D eigenvalue weighted by molar-refractivity contribution is 5.43. The molecule has 4 fully saturated rings. The molecule has 0 heterocycles. The molecule has 0 amide bonds. The average molecular weight is 597 g/mol. The van der Waals surface area contributed by atoms with Crippen molar-refractivity contribution in [1.29, 1.82) is 0 Å². The number of aliphatic hydroxyl groups excluding tert-OH is 2. The fraction of sp³-hybridized carbons (Fsp3) is 0.650. The molecule has 0 saturated heterocycles. The van der Waals surface area contributed by atoms with Crippen molar-refractivity contribution in [2.45, 2.75) is 115 Å². The van der Waals surface area contributed by atoms with E-state index >= 15 is 0 Å². The lowest BCUT2D eigenvalue weighted by molar-refractivity contribution is -0.00231. The second-order valence-corrected chi connectivity index (χ2v) is 16.0. The van der Waals surface area contributed by atoms with Crippen LogP contribution in [0.1, 0.15) is 138 Å². The highest BCUT2D eigenvalue weighted by Gasteiger charge is 2.56. The Hall–Kier alpha value is -2.48. The van der Waals surface area contributed by atoms with Gasteiger partial charge >= 0.3 is 0 Å². The van der Waals surface area contributed by atoms with E-state index in [1.54, 1.807) is 24.3 Å². The van der Waals surface area contributed by atoms with Crippen molar-refractivity contribution in [3.05, 3.63) is 58.7 Å². The molecule has 4 N–H and O–H groups in total. The van der Waals surface area contributed by atoms with Crippen LogP contribution < -0.4 is 0 Å². The van der Waals surface area contributed by atoms with Crippen LogP contribution in [0.2, 0.25) is 0 Å². The third-order valence-corrected chi connectivity index (χ3v) is 14.4. The van der Waals surface area contributed by atoms with Gasteiger partial charge in [0.15, 0.2) is 0 Å². The normalized spacial score (nSPS) is 43.1. The third-order valence-electron chi connectivity index (χ3n) is 14.4. The van der Waals surface area contributed by atoms with Crippen LogP contribution in [0.25, 0.3) is 0 Å². The molecule has 8 rings (SSSR count). The minimum Gasteiger partial charge on any atom is -0.508 e. The lowest BCUT2D eigenvalue weighted by Gasteiger charge is -2.51. The van der Waals surface area contributed by atoms with Crippen LogP contribution in [0, 0.1) is 58.7 Å². The number of phenolic OH excluding ortho intramolecular Hbond substituents is 2. The van der Waals surface area contributed by atoms with Crippen LogP contribution in [-0.2, 0) is 0 Å². The number of hydrogen-bond donors (Lipinski definition) is 4. The van der Waals surface area contributed by atoms with Gasteiger partial charge in [0, 0.05) is 5.92 Å². The fourth-order valence-corrected chi connectivity index (χ4v) is 12.2. The summed E-state index contributed by atoms with van der Waals surface area (Å²) in [5.41, 5.74) is 5.23. The molecule has 2 aromatic rings. The predicted molar refractivity (Wildman–Crippen MR) is 174 cm³/mol. The summed E-state index contributed by atoms with van der Waals surface area (Å²) in [6.45, 7) is 7.25. The van der Waals surface area contributed by atoms with Crippen LogP contribution in [0.15, 0.2) is 36.4 Å². The maximum atomic E-state index is 10.6. The summed E-state index contributed by atoms with van der Waals surface area (Å²) in [5.74, 6) is 8.52. The van der Waals surface area contributed by atoms with E-state index in [0.717, 1.165) is 48.6 Å². The summed E-state index contributed by atoms with van der Waals surface area (Å²) >= 11 is 0. The first-order valence-electron chi connectivity index (χ1n) is 17.6. The van der Waals surface area contributed by atoms with Gasteiger partial charge in [0.25, 0.3) is 0 Å². The molecule has 0 spiro atoms. The lowest BCUT2D eigenvalue weighted by atomic mass is 9.53. The number of hydrogen-bond acceptors (Lipinski definition) is 4. The summed E-state index contributed by atoms with van der Waals surface area (Å²) < 4.78 is 0. The molecule has 4 nitrogen and oxygen atoms in total. The highest BCUT2D eigenvalue weighted by Crippen LogP contribution is 2.65. The first-order valence-corrected chi connectivity index (χ1v) is 17.6. The van der Waals surface area contributed by atoms with Gasteiger partial charge in [0.1, 0.15) is 11.5 Å². The van der Waals surface area contributed by atoms with E-state index in [1.807, 2.05) is 6.07 Å². The molecule has 6 aliphatic carbocycles. The van der Waals surface area contributed by atoms with Gasteiger partial charge in [-0.15, -0.1) is 12.3 Å². The zero-order valence-electron chi connectivity index (χ0n) is 26.9. The Kier molecular flexibility index (Phi) is 7.61. The Balaban J connectivity index is 0.000000142. The number of benzene rings is 2. The second-order valence-electron chi connectivity index (χ2n) is 16.0. The second kappa shape index (κ2) is 11.1. The summed E-state index contributed by atoms with van der Waals surface area (Å²) in [5, 5.41) is 40.7. The first kappa shape index (κ1) is 30.2. The van der Waals surface area contributed by atoms with Crippen LogP contribution in [0.5, 0.6) is 11.5 Å². The molecule has 44 heavy (non-hydrogen) atoms. The van der Waals surface area contributed by atoms with Crippen LogP contribution in [-0.4, -0.2) is 20.4 Å². The molecule has 236 valence electrons. The summed E-state index contributed by atoms with van der Waals surface area (Å²) in [4.78, 5) is 0. The van der Waals surface area contributed by atoms with E-state index in [-0.39, 0.29) is 16.9 Å². The molecule has 2 aromatic carbocycles. The average Bonchev–Trinajstić information content (AvgIpc) is 3.54. The molecular weight excluding hydrogens is 544 g/mol. The van der Waals surface area contributed by atoms with Crippen molar-refractivity contribution in [3.8, 4) is 23.8 Å². The molecule has 0 radical (unpaired) electrons. The van der Waals surface area contributed by atoms with Gasteiger partial charge in [-0.3, -0.25) is 0 Å². The summed E-state index contributed by atoms with van der Waals surface area (Å²) in [6, 6.07) is 11.2. The van der Waals surface area contributed by atoms with E-state index in [9.17, 15) is 20.4 Å². The van der Waals surface area contributed by atoms with E-state index in [4.69, 9.17) is 6.42 Å². The van der Waals surface area contributed by atoms with Gasteiger partial charge in [-0.1, -0.05) is 39.3 Å². The zero-order valence-corrected chi connectivity index (χ0v) is 26.9. The van der Waals surface area contributed by atoms with Crippen molar-refractivity contribution < 1.29 is 20.4 Å². The Labute approximate surface area is 264 Å². The molecular formula is C40H52O4. The number of aliphatic hydroxyl groups is 2. The number of terminal acetylenes is 1. The number of aromatic hydroxyl groups is 2.